The Morgan fingerprint density at radius 1 is 1.50 bits per heavy atom. The summed E-state index contributed by atoms with van der Waals surface area (Å²) in [5.74, 6) is 0. The van der Waals surface area contributed by atoms with Crippen LogP contribution < -0.4 is 5.32 Å². The molecule has 1 aliphatic heterocycles. The minimum Gasteiger partial charge on any atom is -0.472 e. The fourth-order valence-corrected chi connectivity index (χ4v) is 2.34. The molecule has 1 saturated heterocycles. The summed E-state index contributed by atoms with van der Waals surface area (Å²) < 4.78 is 10.9. The summed E-state index contributed by atoms with van der Waals surface area (Å²) in [7, 11) is 2.00. The summed E-state index contributed by atoms with van der Waals surface area (Å²) in [6, 6.07) is 2.42. The van der Waals surface area contributed by atoms with Crippen LogP contribution in [0.5, 0.6) is 0 Å². The SMILES string of the molecule is CNC(CCC1CCCCO1)c1ccoc1. The highest BCUT2D eigenvalue weighted by Gasteiger charge is 2.17. The topological polar surface area (TPSA) is 34.4 Å². The van der Waals surface area contributed by atoms with Crippen LogP contribution in [0.2, 0.25) is 0 Å². The van der Waals surface area contributed by atoms with Crippen molar-refractivity contribution in [2.45, 2.75) is 44.2 Å². The second-order valence-electron chi connectivity index (χ2n) is 4.46. The van der Waals surface area contributed by atoms with E-state index in [4.69, 9.17) is 9.15 Å². The average Bonchev–Trinajstić information content (AvgIpc) is 2.85. The quantitative estimate of drug-likeness (QED) is 0.833. The molecule has 3 heteroatoms. The van der Waals surface area contributed by atoms with E-state index in [9.17, 15) is 0 Å². The molecule has 0 bridgehead atoms. The van der Waals surface area contributed by atoms with Crippen LogP contribution in [0.25, 0.3) is 0 Å². The lowest BCUT2D eigenvalue weighted by Crippen LogP contribution is -2.22. The van der Waals surface area contributed by atoms with Gasteiger partial charge >= 0.3 is 0 Å². The van der Waals surface area contributed by atoms with Crippen LogP contribution in [0.4, 0.5) is 0 Å². The van der Waals surface area contributed by atoms with E-state index in [1.807, 2.05) is 19.4 Å². The van der Waals surface area contributed by atoms with Gasteiger partial charge in [-0.3, -0.25) is 0 Å². The van der Waals surface area contributed by atoms with Gasteiger partial charge in [0.1, 0.15) is 0 Å². The molecule has 0 saturated carbocycles. The zero-order valence-electron chi connectivity index (χ0n) is 9.95. The molecule has 0 aliphatic carbocycles. The monoisotopic (exact) mass is 223 g/mol. The van der Waals surface area contributed by atoms with Crippen LogP contribution >= 0.6 is 0 Å². The van der Waals surface area contributed by atoms with Gasteiger partial charge < -0.3 is 14.5 Å². The van der Waals surface area contributed by atoms with Crippen LogP contribution in [0.1, 0.15) is 43.7 Å². The first-order valence-electron chi connectivity index (χ1n) is 6.21. The lowest BCUT2D eigenvalue weighted by Gasteiger charge is -2.24. The molecule has 0 spiro atoms. The number of furan rings is 1. The van der Waals surface area contributed by atoms with Gasteiger partial charge in [0.15, 0.2) is 0 Å². The van der Waals surface area contributed by atoms with Crippen LogP contribution in [-0.2, 0) is 4.74 Å². The zero-order chi connectivity index (χ0) is 11.2. The van der Waals surface area contributed by atoms with E-state index >= 15 is 0 Å². The minimum absolute atomic E-state index is 0.393. The summed E-state index contributed by atoms with van der Waals surface area (Å²) in [6.07, 6.45) is 10.0. The summed E-state index contributed by atoms with van der Waals surface area (Å²) in [6.45, 7) is 0.945. The Hall–Kier alpha value is -0.800. The molecule has 2 rings (SSSR count). The summed E-state index contributed by atoms with van der Waals surface area (Å²) in [5.41, 5.74) is 1.23. The highest BCUT2D eigenvalue weighted by atomic mass is 16.5. The van der Waals surface area contributed by atoms with Gasteiger partial charge in [0, 0.05) is 18.2 Å². The third-order valence-corrected chi connectivity index (χ3v) is 3.35. The van der Waals surface area contributed by atoms with Crippen molar-refractivity contribution in [2.75, 3.05) is 13.7 Å². The van der Waals surface area contributed by atoms with E-state index in [1.165, 1.54) is 24.8 Å². The molecule has 2 heterocycles. The molecular weight excluding hydrogens is 202 g/mol. The first kappa shape index (κ1) is 11.7. The maximum absolute atomic E-state index is 5.74. The van der Waals surface area contributed by atoms with E-state index in [0.717, 1.165) is 19.4 Å². The van der Waals surface area contributed by atoms with Gasteiger partial charge in [-0.1, -0.05) is 0 Å². The van der Waals surface area contributed by atoms with E-state index in [-0.39, 0.29) is 0 Å². The maximum Gasteiger partial charge on any atom is 0.0950 e. The van der Waals surface area contributed by atoms with E-state index in [1.54, 1.807) is 6.26 Å². The molecule has 1 fully saturated rings. The Labute approximate surface area is 97.2 Å². The molecule has 0 aromatic carbocycles. The molecule has 16 heavy (non-hydrogen) atoms. The molecule has 1 aliphatic rings. The highest BCUT2D eigenvalue weighted by Crippen LogP contribution is 2.23. The highest BCUT2D eigenvalue weighted by molar-refractivity contribution is 5.11. The minimum atomic E-state index is 0.393. The van der Waals surface area contributed by atoms with Gasteiger partial charge in [0.2, 0.25) is 0 Å². The molecule has 3 nitrogen and oxygen atoms in total. The number of hydrogen-bond donors (Lipinski definition) is 1. The number of nitrogens with one attached hydrogen (secondary N) is 1. The lowest BCUT2D eigenvalue weighted by molar-refractivity contribution is 0.00865. The fraction of sp³-hybridized carbons (Fsp3) is 0.692. The van der Waals surface area contributed by atoms with Crippen LogP contribution in [0.3, 0.4) is 0 Å². The van der Waals surface area contributed by atoms with Gasteiger partial charge in [0.25, 0.3) is 0 Å². The molecule has 1 N–H and O–H groups in total. The fourth-order valence-electron chi connectivity index (χ4n) is 2.34. The van der Waals surface area contributed by atoms with Crippen molar-refractivity contribution in [3.63, 3.8) is 0 Å². The molecule has 1 aromatic heterocycles. The van der Waals surface area contributed by atoms with Crippen molar-refractivity contribution >= 4 is 0 Å². The summed E-state index contributed by atoms with van der Waals surface area (Å²) in [5, 5.41) is 3.33. The van der Waals surface area contributed by atoms with Crippen molar-refractivity contribution in [2.24, 2.45) is 0 Å². The molecule has 2 unspecified atom stereocenters. The Morgan fingerprint density at radius 2 is 2.44 bits per heavy atom. The Balaban J connectivity index is 1.78. The number of rotatable bonds is 5. The normalized spacial score (nSPS) is 23.2. The predicted octanol–water partition coefficient (Wildman–Crippen LogP) is 2.89. The largest absolute Gasteiger partial charge is 0.472 e. The molecule has 1 aromatic rings. The number of hydrogen-bond acceptors (Lipinski definition) is 3. The first-order valence-corrected chi connectivity index (χ1v) is 6.21. The van der Waals surface area contributed by atoms with Crippen LogP contribution in [0.15, 0.2) is 23.0 Å². The van der Waals surface area contributed by atoms with Crippen molar-refractivity contribution in [3.8, 4) is 0 Å². The molecule has 90 valence electrons. The first-order chi connectivity index (χ1) is 7.90. The molecule has 2 atom stereocenters. The van der Waals surface area contributed by atoms with Crippen molar-refractivity contribution < 1.29 is 9.15 Å². The van der Waals surface area contributed by atoms with Crippen molar-refractivity contribution in [1.29, 1.82) is 0 Å². The van der Waals surface area contributed by atoms with Gasteiger partial charge in [-0.25, -0.2) is 0 Å². The maximum atomic E-state index is 5.74. The Morgan fingerprint density at radius 3 is 3.06 bits per heavy atom. The lowest BCUT2D eigenvalue weighted by atomic mass is 9.99. The smallest absolute Gasteiger partial charge is 0.0950 e. The van der Waals surface area contributed by atoms with Crippen LogP contribution in [-0.4, -0.2) is 19.8 Å². The average molecular weight is 223 g/mol. The van der Waals surface area contributed by atoms with Crippen molar-refractivity contribution in [1.82, 2.24) is 5.32 Å². The van der Waals surface area contributed by atoms with E-state index < -0.39 is 0 Å². The van der Waals surface area contributed by atoms with Gasteiger partial charge in [0.05, 0.1) is 18.6 Å². The molecular formula is C13H21NO2. The van der Waals surface area contributed by atoms with Gasteiger partial charge in [-0.15, -0.1) is 0 Å². The Bertz CT molecular complexity index is 278. The number of ether oxygens (including phenoxy) is 1. The third-order valence-electron chi connectivity index (χ3n) is 3.35. The summed E-state index contributed by atoms with van der Waals surface area (Å²) in [4.78, 5) is 0. The third kappa shape index (κ3) is 3.09. The standard InChI is InChI=1S/C13H21NO2/c1-14-13(11-7-9-15-10-11)6-5-12-4-2-3-8-16-12/h7,9-10,12-14H,2-6,8H2,1H3. The van der Waals surface area contributed by atoms with Crippen molar-refractivity contribution in [3.05, 3.63) is 24.2 Å². The molecule has 0 radical (unpaired) electrons. The van der Waals surface area contributed by atoms with Gasteiger partial charge in [-0.05, 0) is 45.2 Å². The second-order valence-corrected chi connectivity index (χ2v) is 4.46. The van der Waals surface area contributed by atoms with Gasteiger partial charge in [-0.2, -0.15) is 0 Å². The predicted molar refractivity (Wildman–Crippen MR) is 63.3 cm³/mol. The molecule has 0 amide bonds. The van der Waals surface area contributed by atoms with E-state index in [0.29, 0.717) is 12.1 Å². The van der Waals surface area contributed by atoms with E-state index in [2.05, 4.69) is 5.32 Å². The van der Waals surface area contributed by atoms with Crippen LogP contribution in [0, 0.1) is 0 Å². The Kier molecular flexibility index (Phi) is 4.43. The second kappa shape index (κ2) is 6.06. The zero-order valence-corrected chi connectivity index (χ0v) is 9.95. The summed E-state index contributed by atoms with van der Waals surface area (Å²) >= 11 is 0.